The molecule has 2 unspecified atom stereocenters. The van der Waals surface area contributed by atoms with Crippen LogP contribution in [0.15, 0.2) is 24.3 Å². The van der Waals surface area contributed by atoms with Gasteiger partial charge in [0.2, 0.25) is 0 Å². The van der Waals surface area contributed by atoms with Crippen molar-refractivity contribution in [3.05, 3.63) is 29.8 Å². The normalized spacial score (nSPS) is 22.3. The lowest BCUT2D eigenvalue weighted by Gasteiger charge is -2.39. The number of ether oxygens (including phenoxy) is 1. The number of hydrogen-bond donors (Lipinski definition) is 1. The van der Waals surface area contributed by atoms with Crippen LogP contribution in [0.3, 0.4) is 0 Å². The minimum Gasteiger partial charge on any atom is -0.480 e. The number of anilines is 1. The summed E-state index contributed by atoms with van der Waals surface area (Å²) in [5.74, 6) is -0.333. The molecule has 0 aliphatic carbocycles. The van der Waals surface area contributed by atoms with Crippen LogP contribution in [-0.2, 0) is 9.53 Å². The van der Waals surface area contributed by atoms with E-state index in [1.165, 1.54) is 5.56 Å². The van der Waals surface area contributed by atoms with Gasteiger partial charge in [0.1, 0.15) is 6.54 Å². The van der Waals surface area contributed by atoms with Crippen molar-refractivity contribution in [1.29, 1.82) is 0 Å². The zero-order chi connectivity index (χ0) is 15.4. The van der Waals surface area contributed by atoms with Gasteiger partial charge in [-0.2, -0.15) is 0 Å². The summed E-state index contributed by atoms with van der Waals surface area (Å²) in [4.78, 5) is 13.2. The molecule has 1 saturated heterocycles. The van der Waals surface area contributed by atoms with Crippen LogP contribution in [0.2, 0.25) is 0 Å². The second-order valence-corrected chi connectivity index (χ2v) is 6.19. The first-order valence-electron chi connectivity index (χ1n) is 7.64. The van der Waals surface area contributed by atoms with E-state index < -0.39 is 5.97 Å². The summed E-state index contributed by atoms with van der Waals surface area (Å²) in [7, 11) is 0. The van der Waals surface area contributed by atoms with Crippen LogP contribution in [-0.4, -0.2) is 36.4 Å². The Bertz CT molecular complexity index is 469. The third-order valence-corrected chi connectivity index (χ3v) is 4.14. The van der Waals surface area contributed by atoms with Gasteiger partial charge in [0.05, 0.1) is 6.10 Å². The monoisotopic (exact) mass is 291 g/mol. The minimum absolute atomic E-state index is 0.0402. The Morgan fingerprint density at radius 3 is 2.62 bits per heavy atom. The molecule has 1 heterocycles. The first-order valence-corrected chi connectivity index (χ1v) is 7.64. The second-order valence-electron chi connectivity index (χ2n) is 6.19. The smallest absolute Gasteiger partial charge is 0.323 e. The van der Waals surface area contributed by atoms with Crippen molar-refractivity contribution in [3.63, 3.8) is 0 Å². The van der Waals surface area contributed by atoms with Crippen molar-refractivity contribution >= 4 is 11.7 Å². The van der Waals surface area contributed by atoms with E-state index in [4.69, 9.17) is 4.74 Å². The van der Waals surface area contributed by atoms with Crippen molar-refractivity contribution in [1.82, 2.24) is 0 Å². The summed E-state index contributed by atoms with van der Waals surface area (Å²) in [5, 5.41) is 9.23. The first-order chi connectivity index (χ1) is 9.97. The number of aryl methyl sites for hydroxylation is 1. The Morgan fingerprint density at radius 1 is 1.38 bits per heavy atom. The summed E-state index contributed by atoms with van der Waals surface area (Å²) in [6.07, 6.45) is 1.98. The topological polar surface area (TPSA) is 49.8 Å². The van der Waals surface area contributed by atoms with Crippen molar-refractivity contribution in [3.8, 4) is 0 Å². The second kappa shape index (κ2) is 6.94. The van der Waals surface area contributed by atoms with Gasteiger partial charge in [-0.15, -0.1) is 0 Å². The van der Waals surface area contributed by atoms with Crippen molar-refractivity contribution in [2.24, 2.45) is 5.92 Å². The van der Waals surface area contributed by atoms with E-state index in [2.05, 4.69) is 13.8 Å². The van der Waals surface area contributed by atoms with Gasteiger partial charge >= 0.3 is 5.97 Å². The van der Waals surface area contributed by atoms with E-state index in [-0.39, 0.29) is 18.7 Å². The standard InChI is InChI=1S/C17H25NO3/c1-12(2)16-10-15(8-9-21-16)18(11-17(19)20)14-6-4-13(3)5-7-14/h4-7,12,15-16H,8-11H2,1-3H3,(H,19,20). The summed E-state index contributed by atoms with van der Waals surface area (Å²) in [6, 6.07) is 8.31. The zero-order valence-electron chi connectivity index (χ0n) is 13.1. The maximum atomic E-state index is 11.2. The molecule has 1 fully saturated rings. The lowest BCUT2D eigenvalue weighted by atomic mass is 9.94. The highest BCUT2D eigenvalue weighted by atomic mass is 16.5. The number of benzene rings is 1. The average molecular weight is 291 g/mol. The quantitative estimate of drug-likeness (QED) is 0.905. The fourth-order valence-electron chi connectivity index (χ4n) is 2.87. The highest BCUT2D eigenvalue weighted by Gasteiger charge is 2.30. The molecule has 1 aliphatic heterocycles. The van der Waals surface area contributed by atoms with Gasteiger partial charge in [-0.1, -0.05) is 31.5 Å². The lowest BCUT2D eigenvalue weighted by molar-refractivity contribution is -0.135. The molecule has 0 amide bonds. The van der Waals surface area contributed by atoms with Gasteiger partial charge < -0.3 is 14.7 Å². The van der Waals surface area contributed by atoms with Crippen LogP contribution >= 0.6 is 0 Å². The molecule has 1 N–H and O–H groups in total. The molecule has 0 spiro atoms. The molecule has 0 bridgehead atoms. The Morgan fingerprint density at radius 2 is 2.05 bits per heavy atom. The fourth-order valence-corrected chi connectivity index (χ4v) is 2.87. The Labute approximate surface area is 126 Å². The number of carbonyl (C=O) groups is 1. The van der Waals surface area contributed by atoms with E-state index in [1.807, 2.05) is 36.1 Å². The summed E-state index contributed by atoms with van der Waals surface area (Å²) < 4.78 is 5.81. The van der Waals surface area contributed by atoms with Gasteiger partial charge in [-0.05, 0) is 37.8 Å². The van der Waals surface area contributed by atoms with Crippen molar-refractivity contribution in [2.75, 3.05) is 18.1 Å². The molecule has 0 radical (unpaired) electrons. The number of rotatable bonds is 5. The van der Waals surface area contributed by atoms with Crippen LogP contribution in [0, 0.1) is 12.8 Å². The first kappa shape index (κ1) is 15.8. The van der Waals surface area contributed by atoms with Crippen molar-refractivity contribution < 1.29 is 14.6 Å². The molecule has 0 aromatic heterocycles. The van der Waals surface area contributed by atoms with Crippen LogP contribution in [0.25, 0.3) is 0 Å². The average Bonchev–Trinajstić information content (AvgIpc) is 2.46. The molecule has 2 atom stereocenters. The van der Waals surface area contributed by atoms with E-state index in [0.717, 1.165) is 18.5 Å². The predicted molar refractivity (Wildman–Crippen MR) is 83.8 cm³/mol. The Balaban J connectivity index is 2.19. The molecule has 0 saturated carbocycles. The zero-order valence-corrected chi connectivity index (χ0v) is 13.1. The van der Waals surface area contributed by atoms with Crippen molar-refractivity contribution in [2.45, 2.75) is 45.8 Å². The minimum atomic E-state index is -0.789. The predicted octanol–water partition coefficient (Wildman–Crippen LogP) is 3.09. The maximum absolute atomic E-state index is 11.2. The number of aliphatic carboxylic acids is 1. The maximum Gasteiger partial charge on any atom is 0.323 e. The van der Waals surface area contributed by atoms with Gasteiger partial charge in [-0.25, -0.2) is 0 Å². The van der Waals surface area contributed by atoms with E-state index in [9.17, 15) is 9.90 Å². The Hall–Kier alpha value is -1.55. The van der Waals surface area contributed by atoms with Crippen LogP contribution < -0.4 is 4.90 Å². The largest absolute Gasteiger partial charge is 0.480 e. The third-order valence-electron chi connectivity index (χ3n) is 4.14. The lowest BCUT2D eigenvalue weighted by Crippen LogP contribution is -2.46. The van der Waals surface area contributed by atoms with Crippen LogP contribution in [0.1, 0.15) is 32.3 Å². The molecular formula is C17H25NO3. The van der Waals surface area contributed by atoms with Gasteiger partial charge in [0.15, 0.2) is 0 Å². The molecule has 1 aromatic rings. The van der Waals surface area contributed by atoms with E-state index in [0.29, 0.717) is 12.5 Å². The van der Waals surface area contributed by atoms with Gasteiger partial charge in [0, 0.05) is 18.3 Å². The number of carboxylic acid groups (broad SMARTS) is 1. The SMILES string of the molecule is Cc1ccc(N(CC(=O)O)C2CCOC(C(C)C)C2)cc1. The molecule has 1 aromatic carbocycles. The molecule has 2 rings (SSSR count). The molecule has 116 valence electrons. The molecule has 21 heavy (non-hydrogen) atoms. The van der Waals surface area contributed by atoms with Crippen LogP contribution in [0.5, 0.6) is 0 Å². The summed E-state index contributed by atoms with van der Waals surface area (Å²) in [6.45, 7) is 7.09. The fraction of sp³-hybridized carbons (Fsp3) is 0.588. The summed E-state index contributed by atoms with van der Waals surface area (Å²) in [5.41, 5.74) is 2.17. The molecule has 1 aliphatic rings. The third kappa shape index (κ3) is 4.21. The van der Waals surface area contributed by atoms with Gasteiger partial charge in [-0.3, -0.25) is 4.79 Å². The molecule has 4 nitrogen and oxygen atoms in total. The van der Waals surface area contributed by atoms with E-state index in [1.54, 1.807) is 0 Å². The van der Waals surface area contributed by atoms with Crippen LogP contribution in [0.4, 0.5) is 5.69 Å². The van der Waals surface area contributed by atoms with Gasteiger partial charge in [0.25, 0.3) is 0 Å². The summed E-state index contributed by atoms with van der Waals surface area (Å²) >= 11 is 0. The number of hydrogen-bond acceptors (Lipinski definition) is 3. The van der Waals surface area contributed by atoms with E-state index >= 15 is 0 Å². The Kier molecular flexibility index (Phi) is 5.23. The number of nitrogens with zero attached hydrogens (tertiary/aromatic N) is 1. The highest BCUT2D eigenvalue weighted by Crippen LogP contribution is 2.28. The molecular weight excluding hydrogens is 266 g/mol. The highest BCUT2D eigenvalue weighted by molar-refractivity contribution is 5.74. The number of carboxylic acids is 1. The molecule has 4 heteroatoms.